The Morgan fingerprint density at radius 1 is 1.25 bits per heavy atom. The molecule has 0 unspecified atom stereocenters. The number of nitrogens with one attached hydrogen (secondary N) is 1. The number of hydrogen-bond donors (Lipinski definition) is 1. The molecule has 3 heteroatoms. The molecule has 0 spiro atoms. The summed E-state index contributed by atoms with van der Waals surface area (Å²) in [5.41, 5.74) is 0. The fourth-order valence-corrected chi connectivity index (χ4v) is 2.12. The monoisotopic (exact) mass is 227 g/mol. The average Bonchev–Trinajstić information content (AvgIpc) is 2.79. The van der Waals surface area contributed by atoms with E-state index >= 15 is 0 Å². The molecular weight excluding hydrogens is 202 g/mol. The Morgan fingerprint density at radius 3 is 2.69 bits per heavy atom. The summed E-state index contributed by atoms with van der Waals surface area (Å²) in [5, 5.41) is 3.26. The second-order valence-electron chi connectivity index (χ2n) is 4.64. The van der Waals surface area contributed by atoms with Gasteiger partial charge in [-0.05, 0) is 19.3 Å². The van der Waals surface area contributed by atoms with Crippen molar-refractivity contribution in [1.82, 2.24) is 5.32 Å². The van der Waals surface area contributed by atoms with Crippen molar-refractivity contribution >= 4 is 5.97 Å². The zero-order chi connectivity index (χ0) is 11.6. The van der Waals surface area contributed by atoms with Crippen LogP contribution in [-0.2, 0) is 9.53 Å². The molecule has 0 aliphatic heterocycles. The highest BCUT2D eigenvalue weighted by Crippen LogP contribution is 2.17. The van der Waals surface area contributed by atoms with E-state index in [1.165, 1.54) is 44.9 Å². The average molecular weight is 227 g/mol. The molecule has 0 heterocycles. The van der Waals surface area contributed by atoms with Crippen molar-refractivity contribution in [2.75, 3.05) is 13.2 Å². The fourth-order valence-electron chi connectivity index (χ4n) is 2.12. The normalized spacial score (nSPS) is 16.6. The van der Waals surface area contributed by atoms with E-state index in [1.807, 2.05) is 0 Å². The van der Waals surface area contributed by atoms with Gasteiger partial charge in [0.15, 0.2) is 0 Å². The lowest BCUT2D eigenvalue weighted by Crippen LogP contribution is -2.32. The smallest absolute Gasteiger partial charge is 0.319 e. The van der Waals surface area contributed by atoms with Gasteiger partial charge in [-0.1, -0.05) is 39.0 Å². The molecule has 3 nitrogen and oxygen atoms in total. The molecule has 0 radical (unpaired) electrons. The minimum atomic E-state index is -0.0941. The van der Waals surface area contributed by atoms with E-state index in [4.69, 9.17) is 4.74 Å². The number of esters is 1. The van der Waals surface area contributed by atoms with Gasteiger partial charge < -0.3 is 10.1 Å². The van der Waals surface area contributed by atoms with E-state index < -0.39 is 0 Å². The van der Waals surface area contributed by atoms with Crippen LogP contribution in [-0.4, -0.2) is 25.2 Å². The molecule has 1 aliphatic rings. The zero-order valence-corrected chi connectivity index (χ0v) is 10.5. The maximum absolute atomic E-state index is 11.3. The van der Waals surface area contributed by atoms with Crippen molar-refractivity contribution in [3.63, 3.8) is 0 Å². The van der Waals surface area contributed by atoms with Gasteiger partial charge in [-0.15, -0.1) is 0 Å². The first-order valence-corrected chi connectivity index (χ1v) is 6.72. The van der Waals surface area contributed by atoms with Crippen LogP contribution in [0.25, 0.3) is 0 Å². The van der Waals surface area contributed by atoms with Crippen LogP contribution in [0.2, 0.25) is 0 Å². The molecule has 94 valence electrons. The SMILES string of the molecule is CCCCCCOC(=O)CNC1CCCC1. The number of ether oxygens (including phenoxy) is 1. The van der Waals surface area contributed by atoms with E-state index in [2.05, 4.69) is 12.2 Å². The Morgan fingerprint density at radius 2 is 2.00 bits per heavy atom. The standard InChI is InChI=1S/C13H25NO2/c1-2-3-4-7-10-16-13(15)11-14-12-8-5-6-9-12/h12,14H,2-11H2,1H3. The lowest BCUT2D eigenvalue weighted by Gasteiger charge is -2.11. The molecule has 0 atom stereocenters. The van der Waals surface area contributed by atoms with Crippen molar-refractivity contribution in [2.45, 2.75) is 64.3 Å². The summed E-state index contributed by atoms with van der Waals surface area (Å²) in [7, 11) is 0. The molecule has 1 fully saturated rings. The van der Waals surface area contributed by atoms with Crippen molar-refractivity contribution in [2.24, 2.45) is 0 Å². The van der Waals surface area contributed by atoms with Gasteiger partial charge >= 0.3 is 5.97 Å². The minimum absolute atomic E-state index is 0.0941. The van der Waals surface area contributed by atoms with Crippen LogP contribution in [0.5, 0.6) is 0 Å². The van der Waals surface area contributed by atoms with Crippen molar-refractivity contribution in [1.29, 1.82) is 0 Å². The molecule has 0 saturated heterocycles. The lowest BCUT2D eigenvalue weighted by atomic mass is 10.2. The van der Waals surface area contributed by atoms with Gasteiger partial charge in [-0.3, -0.25) is 4.79 Å². The van der Waals surface area contributed by atoms with Crippen LogP contribution < -0.4 is 5.32 Å². The molecule has 0 bridgehead atoms. The molecule has 16 heavy (non-hydrogen) atoms. The van der Waals surface area contributed by atoms with Gasteiger partial charge in [-0.25, -0.2) is 0 Å². The molecule has 1 aliphatic carbocycles. The van der Waals surface area contributed by atoms with Gasteiger partial charge in [0.1, 0.15) is 0 Å². The summed E-state index contributed by atoms with van der Waals surface area (Å²) in [6, 6.07) is 0.549. The number of rotatable bonds is 8. The predicted octanol–water partition coefficient (Wildman–Crippen LogP) is 2.64. The van der Waals surface area contributed by atoms with Crippen LogP contribution >= 0.6 is 0 Å². The summed E-state index contributed by atoms with van der Waals surface area (Å²) >= 11 is 0. The minimum Gasteiger partial charge on any atom is -0.465 e. The van der Waals surface area contributed by atoms with E-state index in [0.717, 1.165) is 6.42 Å². The summed E-state index contributed by atoms with van der Waals surface area (Å²) in [6.45, 7) is 3.15. The summed E-state index contributed by atoms with van der Waals surface area (Å²) in [4.78, 5) is 11.3. The van der Waals surface area contributed by atoms with Gasteiger partial charge in [0.05, 0.1) is 13.2 Å². The largest absolute Gasteiger partial charge is 0.465 e. The quantitative estimate of drug-likeness (QED) is 0.512. The van der Waals surface area contributed by atoms with Crippen LogP contribution in [0.3, 0.4) is 0 Å². The highest BCUT2D eigenvalue weighted by Gasteiger charge is 2.15. The Bertz CT molecular complexity index is 188. The van der Waals surface area contributed by atoms with Gasteiger partial charge in [0.25, 0.3) is 0 Å². The first-order chi connectivity index (χ1) is 7.83. The maximum Gasteiger partial charge on any atom is 0.319 e. The van der Waals surface area contributed by atoms with Crippen molar-refractivity contribution in [3.8, 4) is 0 Å². The number of carbonyl (C=O) groups excluding carboxylic acids is 1. The molecule has 0 aromatic heterocycles. The summed E-state index contributed by atoms with van der Waals surface area (Å²) in [5.74, 6) is -0.0941. The van der Waals surface area contributed by atoms with Crippen LogP contribution in [0, 0.1) is 0 Å². The summed E-state index contributed by atoms with van der Waals surface area (Å²) in [6.07, 6.45) is 9.64. The molecular formula is C13H25NO2. The van der Waals surface area contributed by atoms with Gasteiger partial charge in [0, 0.05) is 6.04 Å². The number of hydrogen-bond acceptors (Lipinski definition) is 3. The van der Waals surface area contributed by atoms with E-state index in [-0.39, 0.29) is 5.97 Å². The predicted molar refractivity (Wildman–Crippen MR) is 65.4 cm³/mol. The Hall–Kier alpha value is -0.570. The van der Waals surface area contributed by atoms with E-state index in [1.54, 1.807) is 0 Å². The topological polar surface area (TPSA) is 38.3 Å². The second kappa shape index (κ2) is 8.57. The van der Waals surface area contributed by atoms with Crippen LogP contribution in [0.4, 0.5) is 0 Å². The van der Waals surface area contributed by atoms with Crippen molar-refractivity contribution in [3.05, 3.63) is 0 Å². The third kappa shape index (κ3) is 6.11. The summed E-state index contributed by atoms with van der Waals surface area (Å²) < 4.78 is 5.15. The Balaban J connectivity index is 1.90. The number of unbranched alkanes of at least 4 members (excludes halogenated alkanes) is 3. The molecule has 1 saturated carbocycles. The first kappa shape index (κ1) is 13.5. The van der Waals surface area contributed by atoms with Gasteiger partial charge in [0.2, 0.25) is 0 Å². The molecule has 0 amide bonds. The van der Waals surface area contributed by atoms with Gasteiger partial charge in [-0.2, -0.15) is 0 Å². The molecule has 0 aromatic carbocycles. The number of carbonyl (C=O) groups is 1. The van der Waals surface area contributed by atoms with Crippen LogP contribution in [0.1, 0.15) is 58.3 Å². The molecule has 1 N–H and O–H groups in total. The third-order valence-corrected chi connectivity index (χ3v) is 3.15. The molecule has 1 rings (SSSR count). The maximum atomic E-state index is 11.3. The molecule has 0 aromatic rings. The van der Waals surface area contributed by atoms with E-state index in [9.17, 15) is 4.79 Å². The second-order valence-corrected chi connectivity index (χ2v) is 4.64. The first-order valence-electron chi connectivity index (χ1n) is 6.72. The van der Waals surface area contributed by atoms with Crippen molar-refractivity contribution < 1.29 is 9.53 Å². The van der Waals surface area contributed by atoms with Crippen LogP contribution in [0.15, 0.2) is 0 Å². The highest BCUT2D eigenvalue weighted by molar-refractivity contribution is 5.71. The lowest BCUT2D eigenvalue weighted by molar-refractivity contribution is -0.142. The highest BCUT2D eigenvalue weighted by atomic mass is 16.5. The fraction of sp³-hybridized carbons (Fsp3) is 0.923. The third-order valence-electron chi connectivity index (χ3n) is 3.15. The Labute approximate surface area is 98.9 Å². The zero-order valence-electron chi connectivity index (χ0n) is 10.5. The Kier molecular flexibility index (Phi) is 7.23. The van der Waals surface area contributed by atoms with E-state index in [0.29, 0.717) is 19.2 Å².